The first-order valence-corrected chi connectivity index (χ1v) is 13.6. The number of hydrogen-bond acceptors (Lipinski definition) is 5. The Morgan fingerprint density at radius 2 is 1.98 bits per heavy atom. The summed E-state index contributed by atoms with van der Waals surface area (Å²) in [4.78, 5) is 31.0. The number of anilines is 2. The lowest BCUT2D eigenvalue weighted by atomic mass is 9.97. The van der Waals surface area contributed by atoms with Gasteiger partial charge in [0.15, 0.2) is 5.82 Å². The largest absolute Gasteiger partial charge is 0.399 e. The number of fused-ring (bicyclic) bond motifs is 4. The van der Waals surface area contributed by atoms with Gasteiger partial charge in [0.05, 0.1) is 39.9 Å². The number of nitrogens with one attached hydrogen (secondary N) is 2. The van der Waals surface area contributed by atoms with Gasteiger partial charge < -0.3 is 16.4 Å². The summed E-state index contributed by atoms with van der Waals surface area (Å²) in [6, 6.07) is 13.5. The van der Waals surface area contributed by atoms with Crippen molar-refractivity contribution in [2.24, 2.45) is 5.92 Å². The summed E-state index contributed by atoms with van der Waals surface area (Å²) in [6.45, 7) is 3.62. The van der Waals surface area contributed by atoms with Crippen LogP contribution in [0, 0.1) is 18.7 Å². The summed E-state index contributed by atoms with van der Waals surface area (Å²) in [6.07, 6.45) is 6.10. The van der Waals surface area contributed by atoms with Crippen LogP contribution in [0.1, 0.15) is 60.3 Å². The number of aromatic nitrogens is 3. The van der Waals surface area contributed by atoms with E-state index in [4.69, 9.17) is 17.3 Å². The van der Waals surface area contributed by atoms with Crippen LogP contribution in [0.4, 0.5) is 15.8 Å². The van der Waals surface area contributed by atoms with Crippen molar-refractivity contribution >= 4 is 34.8 Å². The predicted molar refractivity (Wildman–Crippen MR) is 154 cm³/mol. The van der Waals surface area contributed by atoms with Gasteiger partial charge in [-0.2, -0.15) is 5.10 Å². The molecule has 4 N–H and O–H groups in total. The number of nitrogens with two attached hydrogens (primary N) is 1. The van der Waals surface area contributed by atoms with E-state index in [0.717, 1.165) is 24.0 Å². The van der Waals surface area contributed by atoms with Crippen LogP contribution < -0.4 is 16.4 Å². The summed E-state index contributed by atoms with van der Waals surface area (Å²) >= 11 is 5.96. The Labute approximate surface area is 236 Å². The van der Waals surface area contributed by atoms with Crippen molar-refractivity contribution in [1.82, 2.24) is 20.1 Å². The molecular weight excluding hydrogens is 531 g/mol. The second kappa shape index (κ2) is 11.5. The van der Waals surface area contributed by atoms with E-state index in [0.29, 0.717) is 41.2 Å². The molecule has 206 valence electrons. The molecule has 0 unspecified atom stereocenters. The van der Waals surface area contributed by atoms with Gasteiger partial charge in [0.25, 0.3) is 5.91 Å². The lowest BCUT2D eigenvalue weighted by molar-refractivity contribution is -0.119. The van der Waals surface area contributed by atoms with E-state index in [2.05, 4.69) is 20.7 Å². The molecule has 5 rings (SSSR count). The van der Waals surface area contributed by atoms with Crippen LogP contribution in [0.2, 0.25) is 5.02 Å². The van der Waals surface area contributed by atoms with Gasteiger partial charge in [-0.3, -0.25) is 14.6 Å². The minimum Gasteiger partial charge on any atom is -0.399 e. The molecule has 8 nitrogen and oxygen atoms in total. The van der Waals surface area contributed by atoms with Crippen LogP contribution >= 0.6 is 11.6 Å². The van der Waals surface area contributed by atoms with E-state index in [1.807, 2.05) is 25.1 Å². The summed E-state index contributed by atoms with van der Waals surface area (Å²) < 4.78 is 16.0. The molecule has 2 atom stereocenters. The highest BCUT2D eigenvalue weighted by molar-refractivity contribution is 6.30. The van der Waals surface area contributed by atoms with Crippen molar-refractivity contribution in [3.63, 3.8) is 0 Å². The van der Waals surface area contributed by atoms with Crippen LogP contribution in [0.25, 0.3) is 16.9 Å². The average molecular weight is 561 g/mol. The molecule has 3 heterocycles. The zero-order chi connectivity index (χ0) is 28.4. The molecular formula is C30H30ClFN6O2. The minimum absolute atomic E-state index is 0.0219. The highest BCUT2D eigenvalue weighted by Gasteiger charge is 2.23. The minimum atomic E-state index is -0.605. The molecule has 1 aliphatic heterocycles. The molecule has 10 heteroatoms. The SMILES string of the molecule is Cc1c(C(=O)N[C@H]2CCCC[C@@H](C)C(=O)Nc3cc(N)ccc3-c3cc2ccn3)cnn1-c1cccc(Cl)c1F. The Bertz CT molecular complexity index is 1590. The fraction of sp³-hybridized carbons (Fsp3) is 0.267. The Morgan fingerprint density at radius 3 is 2.80 bits per heavy atom. The highest BCUT2D eigenvalue weighted by Crippen LogP contribution is 2.33. The van der Waals surface area contributed by atoms with Gasteiger partial charge in [0, 0.05) is 23.4 Å². The van der Waals surface area contributed by atoms with Crippen molar-refractivity contribution in [1.29, 1.82) is 0 Å². The molecule has 0 fully saturated rings. The number of amides is 2. The molecule has 2 aromatic heterocycles. The fourth-order valence-electron chi connectivity index (χ4n) is 4.98. The first-order valence-electron chi connectivity index (χ1n) is 13.2. The van der Waals surface area contributed by atoms with Crippen molar-refractivity contribution in [2.45, 2.75) is 45.6 Å². The number of rotatable bonds is 3. The summed E-state index contributed by atoms with van der Waals surface area (Å²) in [5.41, 5.74) is 10.4. The molecule has 40 heavy (non-hydrogen) atoms. The molecule has 0 saturated carbocycles. The molecule has 2 aromatic carbocycles. The fourth-order valence-corrected chi connectivity index (χ4v) is 5.14. The number of nitrogen functional groups attached to an aromatic ring is 1. The van der Waals surface area contributed by atoms with Gasteiger partial charge >= 0.3 is 0 Å². The average Bonchev–Trinajstić information content (AvgIpc) is 3.32. The maximum absolute atomic E-state index is 14.7. The highest BCUT2D eigenvalue weighted by atomic mass is 35.5. The molecule has 0 saturated heterocycles. The Hall–Kier alpha value is -4.24. The van der Waals surface area contributed by atoms with Crippen LogP contribution in [-0.2, 0) is 4.79 Å². The van der Waals surface area contributed by atoms with Gasteiger partial charge in [-0.25, -0.2) is 9.07 Å². The number of nitrogens with zero attached hydrogens (tertiary/aromatic N) is 3. The van der Waals surface area contributed by atoms with Crippen molar-refractivity contribution in [3.8, 4) is 16.9 Å². The van der Waals surface area contributed by atoms with Crippen molar-refractivity contribution in [2.75, 3.05) is 11.1 Å². The molecule has 2 amide bonds. The Morgan fingerprint density at radius 1 is 1.18 bits per heavy atom. The van der Waals surface area contributed by atoms with E-state index in [1.165, 1.54) is 16.9 Å². The second-order valence-electron chi connectivity index (χ2n) is 10.1. The maximum Gasteiger partial charge on any atom is 0.255 e. The summed E-state index contributed by atoms with van der Waals surface area (Å²) in [5, 5.41) is 10.4. The summed E-state index contributed by atoms with van der Waals surface area (Å²) in [7, 11) is 0. The van der Waals surface area contributed by atoms with Gasteiger partial charge in [-0.05, 0) is 67.8 Å². The first kappa shape index (κ1) is 27.3. The van der Waals surface area contributed by atoms with Crippen LogP contribution in [0.15, 0.2) is 60.9 Å². The molecule has 0 aliphatic carbocycles. The lowest BCUT2D eigenvalue weighted by Gasteiger charge is -2.20. The molecule has 1 aliphatic rings. The van der Waals surface area contributed by atoms with Crippen LogP contribution in [0.3, 0.4) is 0 Å². The van der Waals surface area contributed by atoms with Gasteiger partial charge in [-0.15, -0.1) is 0 Å². The molecule has 0 radical (unpaired) electrons. The lowest BCUT2D eigenvalue weighted by Crippen LogP contribution is -2.29. The van der Waals surface area contributed by atoms with Crippen molar-refractivity contribution in [3.05, 3.63) is 88.6 Å². The van der Waals surface area contributed by atoms with Gasteiger partial charge in [0.2, 0.25) is 5.91 Å². The molecule has 0 spiro atoms. The quantitative estimate of drug-likeness (QED) is 0.257. The topological polar surface area (TPSA) is 115 Å². The van der Waals surface area contributed by atoms with Crippen molar-refractivity contribution < 1.29 is 14.0 Å². The van der Waals surface area contributed by atoms with Gasteiger partial charge in [0.1, 0.15) is 5.69 Å². The number of pyridine rings is 1. The second-order valence-corrected chi connectivity index (χ2v) is 10.5. The number of carbonyl (C=O) groups excluding carboxylic acids is 2. The van der Waals surface area contributed by atoms with E-state index in [9.17, 15) is 14.0 Å². The summed E-state index contributed by atoms with van der Waals surface area (Å²) in [5.74, 6) is -1.20. The molecule has 4 aromatic rings. The molecule has 2 bridgehead atoms. The van der Waals surface area contributed by atoms with E-state index >= 15 is 0 Å². The van der Waals surface area contributed by atoms with Gasteiger partial charge in [-0.1, -0.05) is 37.4 Å². The van der Waals surface area contributed by atoms with E-state index < -0.39 is 5.82 Å². The van der Waals surface area contributed by atoms with Crippen LogP contribution in [-0.4, -0.2) is 26.6 Å². The number of benzene rings is 2. The third-order valence-electron chi connectivity index (χ3n) is 7.31. The smallest absolute Gasteiger partial charge is 0.255 e. The third kappa shape index (κ3) is 5.56. The Balaban J connectivity index is 1.48. The first-order chi connectivity index (χ1) is 19.2. The normalized spacial score (nSPS) is 17.6. The van der Waals surface area contributed by atoms with E-state index in [-0.39, 0.29) is 34.5 Å². The standard InChI is InChI=1S/C30H30ClFN6O2/c1-17-6-3-4-8-24(19-12-13-34-25(14-19)21-11-10-20(33)15-26(21)37-29(17)39)36-30(40)22-16-35-38(18(22)2)27-9-5-7-23(31)28(27)32/h5,7,9-17,24H,3-4,6,8,33H2,1-2H3,(H,36,40)(H,37,39)/t17-,24+/m1/s1. The number of hydrogen-bond donors (Lipinski definition) is 3. The van der Waals surface area contributed by atoms with Crippen LogP contribution in [0.5, 0.6) is 0 Å². The van der Waals surface area contributed by atoms with E-state index in [1.54, 1.807) is 37.4 Å². The number of halogens is 2. The zero-order valence-electron chi connectivity index (χ0n) is 22.2. The predicted octanol–water partition coefficient (Wildman–Crippen LogP) is 6.24. The third-order valence-corrected chi connectivity index (χ3v) is 7.60. The number of carbonyl (C=O) groups is 2. The zero-order valence-corrected chi connectivity index (χ0v) is 23.0. The monoisotopic (exact) mass is 560 g/mol. The Kier molecular flexibility index (Phi) is 7.84. The maximum atomic E-state index is 14.7.